The lowest BCUT2D eigenvalue weighted by molar-refractivity contribution is -0.139. The predicted molar refractivity (Wildman–Crippen MR) is 125 cm³/mol. The zero-order valence-corrected chi connectivity index (χ0v) is 19.8. The van der Waals surface area contributed by atoms with E-state index in [4.69, 9.17) is 5.11 Å². The van der Waals surface area contributed by atoms with Gasteiger partial charge >= 0.3 is 5.97 Å². The van der Waals surface area contributed by atoms with Gasteiger partial charge in [-0.2, -0.15) is 0 Å². The lowest BCUT2D eigenvalue weighted by atomic mass is 9.93. The zero-order valence-electron chi connectivity index (χ0n) is 18.9. The zero-order chi connectivity index (χ0) is 24.9. The Labute approximate surface area is 193 Å². The van der Waals surface area contributed by atoms with Crippen molar-refractivity contribution in [1.29, 1.82) is 0 Å². The van der Waals surface area contributed by atoms with Gasteiger partial charge in [-0.1, -0.05) is 38.1 Å². The molecule has 0 bridgehead atoms. The second-order valence-electron chi connectivity index (χ2n) is 8.13. The minimum absolute atomic E-state index is 0.133. The number of rotatable bonds is 10. The van der Waals surface area contributed by atoms with Crippen molar-refractivity contribution in [3.63, 3.8) is 0 Å². The summed E-state index contributed by atoms with van der Waals surface area (Å²) in [5.41, 5.74) is 2.34. The van der Waals surface area contributed by atoms with Crippen LogP contribution >= 0.6 is 0 Å². The van der Waals surface area contributed by atoms with E-state index >= 15 is 0 Å². The summed E-state index contributed by atoms with van der Waals surface area (Å²) in [6.07, 6.45) is 1.08. The minimum atomic E-state index is -3.59. The van der Waals surface area contributed by atoms with E-state index in [0.717, 1.165) is 10.6 Å². The molecule has 1 aromatic carbocycles. The van der Waals surface area contributed by atoms with Crippen molar-refractivity contribution in [2.24, 2.45) is 0 Å². The molecule has 2 rings (SSSR count). The molecule has 0 spiro atoms. The Hall–Kier alpha value is -2.82. The predicted octanol–water partition coefficient (Wildman–Crippen LogP) is 3.01. The number of aromatic nitrogens is 1. The van der Waals surface area contributed by atoms with Gasteiger partial charge < -0.3 is 15.3 Å². The number of aliphatic hydroxyl groups is 2. The van der Waals surface area contributed by atoms with Crippen LogP contribution in [-0.2, 0) is 14.8 Å². The second-order valence-corrected chi connectivity index (χ2v) is 10.1. The van der Waals surface area contributed by atoms with E-state index in [1.54, 1.807) is 24.3 Å². The summed E-state index contributed by atoms with van der Waals surface area (Å²) in [5.74, 6) is -1.54. The van der Waals surface area contributed by atoms with Crippen LogP contribution in [0.15, 0.2) is 36.4 Å². The number of hydrogen-bond donors (Lipinski definition) is 3. The van der Waals surface area contributed by atoms with Gasteiger partial charge in [-0.25, -0.2) is 17.8 Å². The third-order valence-corrected chi connectivity index (χ3v) is 6.19. The fourth-order valence-electron chi connectivity index (χ4n) is 3.23. The fraction of sp³-hybridized carbons (Fsp3) is 0.391. The Morgan fingerprint density at radius 2 is 1.82 bits per heavy atom. The first-order valence-electron chi connectivity index (χ1n) is 10.3. The Morgan fingerprint density at radius 3 is 2.33 bits per heavy atom. The quantitative estimate of drug-likeness (QED) is 0.477. The van der Waals surface area contributed by atoms with E-state index in [1.165, 1.54) is 25.3 Å². The molecule has 8 nitrogen and oxygen atoms in total. The van der Waals surface area contributed by atoms with Crippen molar-refractivity contribution >= 4 is 27.9 Å². The van der Waals surface area contributed by atoms with E-state index in [9.17, 15) is 27.8 Å². The van der Waals surface area contributed by atoms with E-state index in [-0.39, 0.29) is 18.2 Å². The van der Waals surface area contributed by atoms with E-state index < -0.39 is 40.4 Å². The molecule has 10 heteroatoms. The number of aliphatic carboxylic acids is 1. The van der Waals surface area contributed by atoms with Crippen LogP contribution < -0.4 is 4.31 Å². The van der Waals surface area contributed by atoms with Gasteiger partial charge in [-0.15, -0.1) is 0 Å². The summed E-state index contributed by atoms with van der Waals surface area (Å²) >= 11 is 0. The number of halogens is 1. The average molecular weight is 481 g/mol. The number of hydrogen-bond acceptors (Lipinski definition) is 6. The molecule has 0 unspecified atom stereocenters. The van der Waals surface area contributed by atoms with Crippen molar-refractivity contribution in [3.05, 3.63) is 53.5 Å². The number of aliphatic hydroxyl groups excluding tert-OH is 2. The molecule has 3 N–H and O–H groups in total. The van der Waals surface area contributed by atoms with Crippen LogP contribution in [0.1, 0.15) is 43.9 Å². The van der Waals surface area contributed by atoms with Crippen LogP contribution in [0, 0.1) is 5.82 Å². The van der Waals surface area contributed by atoms with Crippen molar-refractivity contribution in [2.45, 2.75) is 44.8 Å². The van der Waals surface area contributed by atoms with E-state index in [0.29, 0.717) is 22.4 Å². The molecular weight excluding hydrogens is 451 g/mol. The first-order chi connectivity index (χ1) is 15.3. The number of carboxylic acids is 1. The van der Waals surface area contributed by atoms with Gasteiger partial charge in [0.25, 0.3) is 0 Å². The molecular formula is C23H29FN2O6S. The molecule has 0 aliphatic carbocycles. The van der Waals surface area contributed by atoms with E-state index in [2.05, 4.69) is 4.98 Å². The number of benzene rings is 1. The maximum Gasteiger partial charge on any atom is 0.305 e. The molecule has 0 saturated carbocycles. The van der Waals surface area contributed by atoms with Crippen LogP contribution in [0.5, 0.6) is 0 Å². The Kier molecular flexibility index (Phi) is 8.70. The van der Waals surface area contributed by atoms with Crippen LogP contribution in [-0.4, -0.2) is 60.2 Å². The largest absolute Gasteiger partial charge is 0.481 e. The van der Waals surface area contributed by atoms with Crippen molar-refractivity contribution in [1.82, 2.24) is 4.98 Å². The Morgan fingerprint density at radius 1 is 1.21 bits per heavy atom. The third-order valence-electron chi connectivity index (χ3n) is 5.01. The highest BCUT2D eigenvalue weighted by Crippen LogP contribution is 2.34. The number of carbonyl (C=O) groups is 1. The Balaban J connectivity index is 2.61. The number of nitrogens with zero attached hydrogens (tertiary/aromatic N) is 2. The van der Waals surface area contributed by atoms with Gasteiger partial charge in [0.1, 0.15) is 11.6 Å². The topological polar surface area (TPSA) is 128 Å². The van der Waals surface area contributed by atoms with Crippen molar-refractivity contribution in [3.8, 4) is 11.1 Å². The lowest BCUT2D eigenvalue weighted by Crippen LogP contribution is -2.26. The molecule has 1 heterocycles. The molecule has 33 heavy (non-hydrogen) atoms. The first-order valence-corrected chi connectivity index (χ1v) is 12.1. The molecule has 0 radical (unpaired) electrons. The summed E-state index contributed by atoms with van der Waals surface area (Å²) in [4.78, 5) is 15.3. The maximum atomic E-state index is 13.5. The molecule has 2 aromatic rings. The van der Waals surface area contributed by atoms with Crippen LogP contribution in [0.4, 0.5) is 10.2 Å². The minimum Gasteiger partial charge on any atom is -0.481 e. The van der Waals surface area contributed by atoms with Crippen LogP contribution in [0.2, 0.25) is 0 Å². The fourth-order valence-corrected chi connectivity index (χ4v) is 3.66. The van der Waals surface area contributed by atoms with Gasteiger partial charge in [0.05, 0.1) is 30.6 Å². The summed E-state index contributed by atoms with van der Waals surface area (Å²) in [7, 11) is -2.20. The van der Waals surface area contributed by atoms with Crippen LogP contribution in [0.3, 0.4) is 0 Å². The number of anilines is 1. The van der Waals surface area contributed by atoms with Gasteiger partial charge in [0.15, 0.2) is 0 Å². The average Bonchev–Trinajstić information content (AvgIpc) is 2.70. The van der Waals surface area contributed by atoms with Crippen molar-refractivity contribution < 1.29 is 32.9 Å². The standard InChI is InChI=1S/C23H29FN2O6S/c1-14(2)23-19(10-9-17(27)11-18(28)12-22(29)30)20(15-5-7-16(24)8-6-15)13-21(25-23)26(3)33(4,31)32/h5-10,13-14,17-18,27-28H,11-12H2,1-4H3,(H,29,30)/t17-,18-/m1/s1. The van der Waals surface area contributed by atoms with Gasteiger partial charge in [-0.3, -0.25) is 9.10 Å². The molecule has 0 aliphatic rings. The van der Waals surface area contributed by atoms with Gasteiger partial charge in [0.2, 0.25) is 10.0 Å². The normalized spacial score (nSPS) is 13.9. The highest BCUT2D eigenvalue weighted by Gasteiger charge is 2.21. The molecule has 180 valence electrons. The molecule has 0 amide bonds. The highest BCUT2D eigenvalue weighted by molar-refractivity contribution is 7.92. The molecule has 2 atom stereocenters. The second kappa shape index (κ2) is 10.9. The monoisotopic (exact) mass is 480 g/mol. The molecule has 1 aromatic heterocycles. The Bertz CT molecular complexity index is 1120. The van der Waals surface area contributed by atoms with Crippen LogP contribution in [0.25, 0.3) is 17.2 Å². The van der Waals surface area contributed by atoms with Gasteiger partial charge in [0, 0.05) is 19.0 Å². The summed E-state index contributed by atoms with van der Waals surface area (Å²) in [6, 6.07) is 7.27. The van der Waals surface area contributed by atoms with Crippen molar-refractivity contribution in [2.75, 3.05) is 17.6 Å². The smallest absolute Gasteiger partial charge is 0.305 e. The highest BCUT2D eigenvalue weighted by atomic mass is 32.2. The summed E-state index contributed by atoms with van der Waals surface area (Å²) < 4.78 is 38.8. The number of sulfonamides is 1. The molecule has 0 saturated heterocycles. The molecule has 0 aliphatic heterocycles. The summed E-state index contributed by atoms with van der Waals surface area (Å²) in [5, 5.41) is 28.8. The molecule has 0 fully saturated rings. The van der Waals surface area contributed by atoms with E-state index in [1.807, 2.05) is 13.8 Å². The SMILES string of the molecule is CC(C)c1nc(N(C)S(C)(=O)=O)cc(-c2ccc(F)cc2)c1C=C[C@@H](O)C[C@@H](O)CC(=O)O. The number of pyridine rings is 1. The maximum absolute atomic E-state index is 13.5. The lowest BCUT2D eigenvalue weighted by Gasteiger charge is -2.22. The summed E-state index contributed by atoms with van der Waals surface area (Å²) in [6.45, 7) is 3.76. The number of carboxylic acid groups (broad SMARTS) is 1. The third kappa shape index (κ3) is 7.34. The first kappa shape index (κ1) is 26.4. The van der Waals surface area contributed by atoms with Gasteiger partial charge in [-0.05, 0) is 35.2 Å².